The number of esters is 1. The van der Waals surface area contributed by atoms with E-state index in [0.717, 1.165) is 11.1 Å². The summed E-state index contributed by atoms with van der Waals surface area (Å²) in [5.74, 6) is 0.857. The van der Waals surface area contributed by atoms with Gasteiger partial charge >= 0.3 is 5.97 Å². The number of aromatic nitrogens is 1. The van der Waals surface area contributed by atoms with E-state index in [0.29, 0.717) is 29.2 Å². The van der Waals surface area contributed by atoms with E-state index in [9.17, 15) is 9.59 Å². The Morgan fingerprint density at radius 1 is 1.03 bits per heavy atom. The van der Waals surface area contributed by atoms with Crippen LogP contribution in [0.1, 0.15) is 45.7 Å². The van der Waals surface area contributed by atoms with Gasteiger partial charge in [0.1, 0.15) is 18.1 Å². The lowest BCUT2D eigenvalue weighted by Crippen LogP contribution is -2.17. The minimum absolute atomic E-state index is 0.241. The van der Waals surface area contributed by atoms with Gasteiger partial charge in [-0.3, -0.25) is 9.78 Å². The van der Waals surface area contributed by atoms with Crippen LogP contribution >= 0.6 is 0 Å². The Hall–Kier alpha value is -4.20. The van der Waals surface area contributed by atoms with Crippen molar-refractivity contribution in [1.82, 2.24) is 10.4 Å². The van der Waals surface area contributed by atoms with Gasteiger partial charge in [0.2, 0.25) is 0 Å². The SMILES string of the molecule is COc1ccc(C=NNC(=O)c2ccncc2)cc1COc1ccc(C(=O)OCC(C)C)cc1. The van der Waals surface area contributed by atoms with Crippen molar-refractivity contribution < 1.29 is 23.8 Å². The zero-order chi connectivity index (χ0) is 24.3. The molecule has 0 saturated carbocycles. The highest BCUT2D eigenvalue weighted by atomic mass is 16.5. The van der Waals surface area contributed by atoms with Crippen molar-refractivity contribution in [3.05, 3.63) is 89.2 Å². The standard InChI is InChI=1S/C26H27N3O5/c1-18(2)16-34-26(31)21-5-7-23(8-6-21)33-17-22-14-19(4-9-24(22)32-3)15-28-29-25(30)20-10-12-27-13-11-20/h4-15,18H,16-17H2,1-3H3,(H,29,30). The van der Waals surface area contributed by atoms with Crippen LogP contribution in [0.5, 0.6) is 11.5 Å². The predicted molar refractivity (Wildman–Crippen MR) is 128 cm³/mol. The second-order valence-electron chi connectivity index (χ2n) is 7.81. The largest absolute Gasteiger partial charge is 0.496 e. The van der Waals surface area contributed by atoms with Crippen molar-refractivity contribution in [2.45, 2.75) is 20.5 Å². The minimum Gasteiger partial charge on any atom is -0.496 e. The van der Waals surface area contributed by atoms with Crippen LogP contribution in [0.4, 0.5) is 0 Å². The highest BCUT2D eigenvalue weighted by Crippen LogP contribution is 2.22. The fraction of sp³-hybridized carbons (Fsp3) is 0.231. The van der Waals surface area contributed by atoms with Crippen molar-refractivity contribution >= 4 is 18.1 Å². The van der Waals surface area contributed by atoms with E-state index in [4.69, 9.17) is 14.2 Å². The van der Waals surface area contributed by atoms with Crippen molar-refractivity contribution in [3.63, 3.8) is 0 Å². The van der Waals surface area contributed by atoms with E-state index in [1.807, 2.05) is 26.0 Å². The van der Waals surface area contributed by atoms with Crippen LogP contribution in [0.2, 0.25) is 0 Å². The smallest absolute Gasteiger partial charge is 0.338 e. The molecule has 0 spiro atoms. The molecule has 0 atom stereocenters. The Morgan fingerprint density at radius 2 is 1.76 bits per heavy atom. The second kappa shape index (κ2) is 12.2. The molecule has 0 aliphatic rings. The molecule has 0 aliphatic carbocycles. The van der Waals surface area contributed by atoms with Crippen LogP contribution in [-0.2, 0) is 11.3 Å². The number of hydrogen-bond acceptors (Lipinski definition) is 7. The molecule has 34 heavy (non-hydrogen) atoms. The molecule has 8 nitrogen and oxygen atoms in total. The summed E-state index contributed by atoms with van der Waals surface area (Å²) in [6, 6.07) is 15.5. The lowest BCUT2D eigenvalue weighted by atomic mass is 10.1. The Kier molecular flexibility index (Phi) is 8.73. The molecule has 0 bridgehead atoms. The number of carbonyl (C=O) groups is 2. The van der Waals surface area contributed by atoms with Crippen LogP contribution < -0.4 is 14.9 Å². The fourth-order valence-corrected chi connectivity index (χ4v) is 2.90. The first-order valence-electron chi connectivity index (χ1n) is 10.8. The number of pyridine rings is 1. The van der Waals surface area contributed by atoms with Gasteiger partial charge in [-0.1, -0.05) is 13.8 Å². The molecule has 176 valence electrons. The van der Waals surface area contributed by atoms with E-state index < -0.39 is 0 Å². The van der Waals surface area contributed by atoms with Gasteiger partial charge in [-0.05, 0) is 66.1 Å². The molecule has 0 radical (unpaired) electrons. The quantitative estimate of drug-likeness (QED) is 0.275. The number of amides is 1. The molecule has 8 heteroatoms. The molecule has 1 aromatic heterocycles. The lowest BCUT2D eigenvalue weighted by molar-refractivity contribution is 0.0459. The number of ether oxygens (including phenoxy) is 3. The highest BCUT2D eigenvalue weighted by molar-refractivity contribution is 5.94. The maximum Gasteiger partial charge on any atom is 0.338 e. The topological polar surface area (TPSA) is 99.1 Å². The molecule has 1 N–H and O–H groups in total. The average molecular weight is 462 g/mol. The summed E-state index contributed by atoms with van der Waals surface area (Å²) in [4.78, 5) is 28.0. The third-order valence-electron chi connectivity index (χ3n) is 4.66. The van der Waals surface area contributed by atoms with Crippen molar-refractivity contribution in [1.29, 1.82) is 0 Å². The number of hydrogen-bond donors (Lipinski definition) is 1. The molecule has 3 aromatic rings. The van der Waals surface area contributed by atoms with E-state index in [1.165, 1.54) is 0 Å². The highest BCUT2D eigenvalue weighted by Gasteiger charge is 2.10. The van der Waals surface area contributed by atoms with E-state index >= 15 is 0 Å². The Morgan fingerprint density at radius 3 is 2.44 bits per heavy atom. The summed E-state index contributed by atoms with van der Waals surface area (Å²) in [6.07, 6.45) is 4.63. The summed E-state index contributed by atoms with van der Waals surface area (Å²) in [5, 5.41) is 4.01. The van der Waals surface area contributed by atoms with E-state index in [-0.39, 0.29) is 24.4 Å². The molecule has 0 saturated heterocycles. The Labute approximate surface area is 198 Å². The number of methoxy groups -OCH3 is 1. The van der Waals surface area contributed by atoms with Gasteiger partial charge in [0, 0.05) is 23.5 Å². The van der Waals surface area contributed by atoms with Crippen molar-refractivity contribution in [2.75, 3.05) is 13.7 Å². The van der Waals surface area contributed by atoms with Crippen LogP contribution in [0.25, 0.3) is 0 Å². The molecule has 1 amide bonds. The molecule has 1 heterocycles. The van der Waals surface area contributed by atoms with Gasteiger partial charge < -0.3 is 14.2 Å². The van der Waals surface area contributed by atoms with Crippen LogP contribution in [0, 0.1) is 5.92 Å². The van der Waals surface area contributed by atoms with Gasteiger partial charge in [0.15, 0.2) is 0 Å². The monoisotopic (exact) mass is 461 g/mol. The summed E-state index contributed by atoms with van der Waals surface area (Å²) in [7, 11) is 1.58. The maximum atomic E-state index is 12.1. The molecule has 0 unspecified atom stereocenters. The molecular weight excluding hydrogens is 434 g/mol. The number of carbonyl (C=O) groups excluding carboxylic acids is 2. The normalized spacial score (nSPS) is 10.8. The number of nitrogens with one attached hydrogen (secondary N) is 1. The second-order valence-corrected chi connectivity index (χ2v) is 7.81. The summed E-state index contributed by atoms with van der Waals surface area (Å²) in [6.45, 7) is 4.59. The van der Waals surface area contributed by atoms with Crippen LogP contribution in [0.3, 0.4) is 0 Å². The minimum atomic E-state index is -0.357. The zero-order valence-electron chi connectivity index (χ0n) is 19.4. The Balaban J connectivity index is 1.60. The van der Waals surface area contributed by atoms with Gasteiger partial charge in [0.25, 0.3) is 5.91 Å². The van der Waals surface area contributed by atoms with Crippen LogP contribution in [-0.4, -0.2) is 36.8 Å². The average Bonchev–Trinajstić information content (AvgIpc) is 2.86. The first-order valence-corrected chi connectivity index (χ1v) is 10.8. The molecule has 0 aliphatic heterocycles. The number of rotatable bonds is 10. The number of nitrogens with zero attached hydrogens (tertiary/aromatic N) is 2. The summed E-state index contributed by atoms with van der Waals surface area (Å²) >= 11 is 0. The molecular formula is C26H27N3O5. The summed E-state index contributed by atoms with van der Waals surface area (Å²) in [5.41, 5.74) is 4.98. The fourth-order valence-electron chi connectivity index (χ4n) is 2.90. The third kappa shape index (κ3) is 7.16. The van der Waals surface area contributed by atoms with Crippen LogP contribution in [0.15, 0.2) is 72.1 Å². The van der Waals surface area contributed by atoms with Gasteiger partial charge in [-0.15, -0.1) is 0 Å². The first-order chi connectivity index (χ1) is 16.5. The van der Waals surface area contributed by atoms with Gasteiger partial charge in [0.05, 0.1) is 25.5 Å². The third-order valence-corrected chi connectivity index (χ3v) is 4.66. The van der Waals surface area contributed by atoms with Crippen molar-refractivity contribution in [2.24, 2.45) is 11.0 Å². The predicted octanol–water partition coefficient (Wildman–Crippen LogP) is 4.25. The summed E-state index contributed by atoms with van der Waals surface area (Å²) < 4.78 is 16.5. The van der Waals surface area contributed by atoms with Gasteiger partial charge in [-0.25, -0.2) is 10.2 Å². The molecule has 0 fully saturated rings. The zero-order valence-corrected chi connectivity index (χ0v) is 19.4. The number of hydrazone groups is 1. The molecule has 3 rings (SSSR count). The van der Waals surface area contributed by atoms with E-state index in [1.54, 1.807) is 68.2 Å². The van der Waals surface area contributed by atoms with Gasteiger partial charge in [-0.2, -0.15) is 5.10 Å². The van der Waals surface area contributed by atoms with E-state index in [2.05, 4.69) is 15.5 Å². The maximum absolute atomic E-state index is 12.1. The van der Waals surface area contributed by atoms with Crippen molar-refractivity contribution in [3.8, 4) is 11.5 Å². The Bertz CT molecular complexity index is 1130. The number of benzene rings is 2. The molecule has 2 aromatic carbocycles. The lowest BCUT2D eigenvalue weighted by Gasteiger charge is -2.12. The first kappa shape index (κ1) is 24.4.